The van der Waals surface area contributed by atoms with E-state index < -0.39 is 0 Å². The number of benzene rings is 1. The highest BCUT2D eigenvalue weighted by atomic mass is 16.5. The van der Waals surface area contributed by atoms with Gasteiger partial charge < -0.3 is 19.2 Å². The number of aromatic nitrogens is 4. The van der Waals surface area contributed by atoms with Crippen molar-refractivity contribution in [2.45, 2.75) is 6.54 Å². The molecule has 0 saturated carbocycles. The Bertz CT molecular complexity index is 1510. The van der Waals surface area contributed by atoms with E-state index in [9.17, 15) is 4.79 Å². The van der Waals surface area contributed by atoms with Crippen LogP contribution in [0.5, 0.6) is 0 Å². The largest absolute Gasteiger partial charge is 0.378 e. The van der Waals surface area contributed by atoms with Gasteiger partial charge in [-0.15, -0.1) is 0 Å². The van der Waals surface area contributed by atoms with Crippen LogP contribution in [0.15, 0.2) is 78.1 Å². The Morgan fingerprint density at radius 2 is 1.94 bits per heavy atom. The van der Waals surface area contributed by atoms with E-state index in [4.69, 9.17) is 4.74 Å². The predicted octanol–water partition coefficient (Wildman–Crippen LogP) is 3.82. The summed E-state index contributed by atoms with van der Waals surface area (Å²) in [6, 6.07) is 15.9. The number of ether oxygens (including phenoxy) is 1. The quantitative estimate of drug-likeness (QED) is 0.463. The van der Waals surface area contributed by atoms with Crippen LogP contribution in [0.3, 0.4) is 0 Å². The first-order valence-electron chi connectivity index (χ1n) is 11.1. The number of morpholine rings is 1. The van der Waals surface area contributed by atoms with Crippen molar-refractivity contribution in [1.82, 2.24) is 19.5 Å². The molecule has 0 amide bonds. The van der Waals surface area contributed by atoms with Gasteiger partial charge in [0.15, 0.2) is 0 Å². The van der Waals surface area contributed by atoms with Gasteiger partial charge in [-0.3, -0.25) is 9.78 Å². The molecule has 33 heavy (non-hydrogen) atoms. The van der Waals surface area contributed by atoms with Gasteiger partial charge in [0.2, 0.25) is 0 Å². The molecule has 6 rings (SSSR count). The molecular formula is C26H23N5O2. The van der Waals surface area contributed by atoms with E-state index >= 15 is 0 Å². The highest BCUT2D eigenvalue weighted by Crippen LogP contribution is 2.30. The van der Waals surface area contributed by atoms with Gasteiger partial charge in [-0.2, -0.15) is 0 Å². The van der Waals surface area contributed by atoms with Gasteiger partial charge in [0.05, 0.1) is 37.2 Å². The van der Waals surface area contributed by atoms with Crippen LogP contribution in [0.4, 0.5) is 5.69 Å². The Labute approximate surface area is 190 Å². The molecule has 5 aromatic rings. The van der Waals surface area contributed by atoms with E-state index in [1.807, 2.05) is 48.9 Å². The van der Waals surface area contributed by atoms with Gasteiger partial charge in [0.1, 0.15) is 5.65 Å². The van der Waals surface area contributed by atoms with E-state index in [0.717, 1.165) is 70.6 Å². The zero-order valence-corrected chi connectivity index (χ0v) is 18.1. The van der Waals surface area contributed by atoms with Crippen molar-refractivity contribution in [3.8, 4) is 11.1 Å². The molecule has 0 bridgehead atoms. The van der Waals surface area contributed by atoms with Crippen LogP contribution in [-0.4, -0.2) is 45.8 Å². The third-order valence-electron chi connectivity index (χ3n) is 6.22. The second-order valence-corrected chi connectivity index (χ2v) is 8.30. The molecule has 0 spiro atoms. The lowest BCUT2D eigenvalue weighted by Gasteiger charge is -2.28. The SMILES string of the molecule is O=c1cc(-c2c[nH]c3ncc(N4CCOCC4)cc23)ccn1Cc1ccc2ncccc2c1. The molecule has 0 unspecified atom stereocenters. The zero-order chi connectivity index (χ0) is 22.2. The van der Waals surface area contributed by atoms with E-state index in [2.05, 4.69) is 32.0 Å². The fourth-order valence-corrected chi connectivity index (χ4v) is 4.45. The molecule has 0 atom stereocenters. The van der Waals surface area contributed by atoms with Gasteiger partial charge in [0.25, 0.3) is 5.56 Å². The molecule has 0 radical (unpaired) electrons. The summed E-state index contributed by atoms with van der Waals surface area (Å²) in [5.41, 5.74) is 5.73. The Balaban J connectivity index is 1.31. The lowest BCUT2D eigenvalue weighted by molar-refractivity contribution is 0.122. The van der Waals surface area contributed by atoms with Crippen molar-refractivity contribution in [3.05, 3.63) is 89.2 Å². The number of hydrogen-bond donors (Lipinski definition) is 1. The second kappa shape index (κ2) is 8.18. The summed E-state index contributed by atoms with van der Waals surface area (Å²) >= 11 is 0. The third-order valence-corrected chi connectivity index (χ3v) is 6.22. The minimum atomic E-state index is -0.0366. The van der Waals surface area contributed by atoms with Gasteiger partial charge in [-0.05, 0) is 41.5 Å². The molecule has 1 aliphatic rings. The first-order valence-corrected chi connectivity index (χ1v) is 11.1. The molecule has 1 aliphatic heterocycles. The Kier molecular flexibility index (Phi) is 4.88. The molecule has 1 N–H and O–H groups in total. The molecule has 7 heteroatoms. The maximum Gasteiger partial charge on any atom is 0.251 e. The second-order valence-electron chi connectivity index (χ2n) is 8.30. The average Bonchev–Trinajstić information content (AvgIpc) is 3.29. The topological polar surface area (TPSA) is 76.0 Å². The highest BCUT2D eigenvalue weighted by Gasteiger charge is 2.15. The van der Waals surface area contributed by atoms with Crippen LogP contribution in [0.1, 0.15) is 5.56 Å². The van der Waals surface area contributed by atoms with Crippen LogP contribution in [-0.2, 0) is 11.3 Å². The van der Waals surface area contributed by atoms with Crippen molar-refractivity contribution in [2.24, 2.45) is 0 Å². The molecule has 1 aromatic carbocycles. The number of rotatable bonds is 4. The smallest absolute Gasteiger partial charge is 0.251 e. The van der Waals surface area contributed by atoms with E-state index in [-0.39, 0.29) is 5.56 Å². The highest BCUT2D eigenvalue weighted by molar-refractivity contribution is 5.95. The molecule has 1 saturated heterocycles. The maximum absolute atomic E-state index is 13.0. The third kappa shape index (κ3) is 3.76. The summed E-state index contributed by atoms with van der Waals surface area (Å²) in [6.45, 7) is 3.68. The fraction of sp³-hybridized carbons (Fsp3) is 0.192. The van der Waals surface area contributed by atoms with Gasteiger partial charge in [0, 0.05) is 54.1 Å². The summed E-state index contributed by atoms with van der Waals surface area (Å²) in [5.74, 6) is 0. The zero-order valence-electron chi connectivity index (χ0n) is 18.1. The predicted molar refractivity (Wildman–Crippen MR) is 130 cm³/mol. The van der Waals surface area contributed by atoms with Crippen LogP contribution in [0, 0.1) is 0 Å². The summed E-state index contributed by atoms with van der Waals surface area (Å²) in [5, 5.41) is 2.08. The van der Waals surface area contributed by atoms with E-state index in [0.29, 0.717) is 6.54 Å². The molecule has 4 aromatic heterocycles. The van der Waals surface area contributed by atoms with Crippen LogP contribution < -0.4 is 10.5 Å². The summed E-state index contributed by atoms with van der Waals surface area (Å²) in [7, 11) is 0. The summed E-state index contributed by atoms with van der Waals surface area (Å²) < 4.78 is 7.20. The van der Waals surface area contributed by atoms with Crippen molar-refractivity contribution >= 4 is 27.6 Å². The normalized spacial score (nSPS) is 14.2. The fourth-order valence-electron chi connectivity index (χ4n) is 4.45. The number of hydrogen-bond acceptors (Lipinski definition) is 5. The van der Waals surface area contributed by atoms with Crippen molar-refractivity contribution < 1.29 is 4.74 Å². The molecule has 164 valence electrons. The molecule has 7 nitrogen and oxygen atoms in total. The molecule has 1 fully saturated rings. The standard InChI is InChI=1S/C26H23N5O2/c32-25-13-19(5-7-31(25)17-18-3-4-24-20(12-18)2-1-6-27-24)23-16-29-26-22(23)14-21(15-28-26)30-8-10-33-11-9-30/h1-7,12-16H,8-11,17H2,(H,28,29). The number of nitrogens with zero attached hydrogens (tertiary/aromatic N) is 4. The van der Waals surface area contributed by atoms with Crippen LogP contribution in [0.2, 0.25) is 0 Å². The number of pyridine rings is 3. The van der Waals surface area contributed by atoms with Crippen molar-refractivity contribution in [3.63, 3.8) is 0 Å². The first kappa shape index (κ1) is 19.7. The minimum absolute atomic E-state index is 0.0366. The molecule has 0 aliphatic carbocycles. The van der Waals surface area contributed by atoms with E-state index in [1.165, 1.54) is 0 Å². The lowest BCUT2D eigenvalue weighted by Crippen LogP contribution is -2.36. The number of anilines is 1. The summed E-state index contributed by atoms with van der Waals surface area (Å²) in [6.07, 6.45) is 7.47. The maximum atomic E-state index is 13.0. The van der Waals surface area contributed by atoms with Crippen molar-refractivity contribution in [1.29, 1.82) is 0 Å². The van der Waals surface area contributed by atoms with Gasteiger partial charge in [-0.25, -0.2) is 4.98 Å². The Morgan fingerprint density at radius 1 is 1.03 bits per heavy atom. The number of fused-ring (bicyclic) bond motifs is 2. The monoisotopic (exact) mass is 437 g/mol. The average molecular weight is 438 g/mol. The van der Waals surface area contributed by atoms with Crippen molar-refractivity contribution in [2.75, 3.05) is 31.2 Å². The number of aromatic amines is 1. The Morgan fingerprint density at radius 3 is 2.82 bits per heavy atom. The molecular weight excluding hydrogens is 414 g/mol. The number of H-pyrrole nitrogens is 1. The Hall–Kier alpha value is -3.97. The first-order chi connectivity index (χ1) is 16.2. The van der Waals surface area contributed by atoms with Crippen LogP contribution >= 0.6 is 0 Å². The van der Waals surface area contributed by atoms with Crippen LogP contribution in [0.25, 0.3) is 33.1 Å². The summed E-state index contributed by atoms with van der Waals surface area (Å²) in [4.78, 5) is 27.4. The van der Waals surface area contributed by atoms with Gasteiger partial charge in [-0.1, -0.05) is 12.1 Å². The van der Waals surface area contributed by atoms with E-state index in [1.54, 1.807) is 16.8 Å². The lowest BCUT2D eigenvalue weighted by atomic mass is 10.1. The number of nitrogens with one attached hydrogen (secondary N) is 1. The van der Waals surface area contributed by atoms with Gasteiger partial charge >= 0.3 is 0 Å². The molecule has 5 heterocycles. The minimum Gasteiger partial charge on any atom is -0.378 e.